The molecule has 0 atom stereocenters. The zero-order valence-electron chi connectivity index (χ0n) is 12.8. The third-order valence-electron chi connectivity index (χ3n) is 2.65. The van der Waals surface area contributed by atoms with Gasteiger partial charge in [0.2, 0.25) is 0 Å². The van der Waals surface area contributed by atoms with Crippen molar-refractivity contribution in [1.29, 1.82) is 0 Å². The van der Waals surface area contributed by atoms with Gasteiger partial charge in [-0.2, -0.15) is 0 Å². The predicted molar refractivity (Wildman–Crippen MR) is 86.5 cm³/mol. The number of carbonyl (C=O) groups is 4. The first-order valence-electron chi connectivity index (χ1n) is 6.84. The van der Waals surface area contributed by atoms with Crippen LogP contribution in [0.2, 0.25) is 0 Å². The summed E-state index contributed by atoms with van der Waals surface area (Å²) < 4.78 is 14.8. The predicted octanol–water partition coefficient (Wildman–Crippen LogP) is 2.22. The molecule has 0 bridgehead atoms. The molecule has 0 saturated carbocycles. The Morgan fingerprint density at radius 3 is 2.54 bits per heavy atom. The Morgan fingerprint density at radius 1 is 1.17 bits per heavy atom. The normalized spacial score (nSPS) is 10.2. The lowest BCUT2D eigenvalue weighted by molar-refractivity contribution is -0.140. The second-order valence-electron chi connectivity index (χ2n) is 4.40. The molecule has 0 amide bonds. The molecule has 0 unspecified atom stereocenters. The van der Waals surface area contributed by atoms with Crippen LogP contribution in [0.5, 0.6) is 5.75 Å². The first-order chi connectivity index (χ1) is 11.5. The Balaban J connectivity index is 2.32. The summed E-state index contributed by atoms with van der Waals surface area (Å²) in [7, 11) is 1.19. The van der Waals surface area contributed by atoms with Crippen LogP contribution in [0.25, 0.3) is 0 Å². The van der Waals surface area contributed by atoms with Crippen molar-refractivity contribution in [2.24, 2.45) is 0 Å². The Bertz CT molecular complexity index is 652. The maximum atomic E-state index is 11.7. The van der Waals surface area contributed by atoms with Gasteiger partial charge in [0, 0.05) is 28.6 Å². The minimum absolute atomic E-state index is 0.000623. The second-order valence-corrected chi connectivity index (χ2v) is 5.26. The van der Waals surface area contributed by atoms with Gasteiger partial charge in [-0.3, -0.25) is 9.59 Å². The first kappa shape index (κ1) is 19.6. The molecule has 1 aromatic rings. The van der Waals surface area contributed by atoms with Crippen LogP contribution < -0.4 is 4.74 Å². The fourth-order valence-corrected chi connectivity index (χ4v) is 1.84. The summed E-state index contributed by atoms with van der Waals surface area (Å²) in [6, 6.07) is 4.58. The van der Waals surface area contributed by atoms with Gasteiger partial charge in [-0.15, -0.1) is 0 Å². The minimum Gasteiger partial charge on any atom is -0.466 e. The maximum absolute atomic E-state index is 11.7. The molecule has 0 aliphatic rings. The molecule has 0 aliphatic carbocycles. The molecular weight excluding hydrogens is 384 g/mol. The van der Waals surface area contributed by atoms with Crippen molar-refractivity contribution in [2.45, 2.75) is 12.8 Å². The summed E-state index contributed by atoms with van der Waals surface area (Å²) in [5, 5.41) is 0. The molecule has 0 heterocycles. The Morgan fingerprint density at radius 2 is 1.88 bits per heavy atom. The van der Waals surface area contributed by atoms with E-state index in [0.717, 1.165) is 12.2 Å². The van der Waals surface area contributed by atoms with Crippen molar-refractivity contribution >= 4 is 40.1 Å². The van der Waals surface area contributed by atoms with Crippen molar-refractivity contribution in [3.8, 4) is 5.75 Å². The van der Waals surface area contributed by atoms with E-state index in [1.807, 2.05) is 0 Å². The van der Waals surface area contributed by atoms with E-state index in [9.17, 15) is 19.2 Å². The van der Waals surface area contributed by atoms with Gasteiger partial charge in [0.15, 0.2) is 6.29 Å². The molecule has 0 radical (unpaired) electrons. The number of halogens is 1. The number of aldehydes is 1. The summed E-state index contributed by atoms with van der Waals surface area (Å²) in [4.78, 5) is 44.5. The summed E-state index contributed by atoms with van der Waals surface area (Å²) >= 11 is 3.19. The summed E-state index contributed by atoms with van der Waals surface area (Å²) in [6.45, 7) is -0.000623. The van der Waals surface area contributed by atoms with Gasteiger partial charge in [0.05, 0.1) is 13.7 Å². The molecule has 0 spiro atoms. The van der Waals surface area contributed by atoms with E-state index in [1.54, 1.807) is 12.1 Å². The molecule has 128 valence electrons. The smallest absolute Gasteiger partial charge is 0.331 e. The average Bonchev–Trinajstić information content (AvgIpc) is 2.58. The lowest BCUT2D eigenvalue weighted by atomic mass is 10.2. The second kappa shape index (κ2) is 10.3. The highest BCUT2D eigenvalue weighted by molar-refractivity contribution is 9.10. The number of rotatable bonds is 8. The molecule has 7 nitrogen and oxygen atoms in total. The van der Waals surface area contributed by atoms with Gasteiger partial charge >= 0.3 is 17.9 Å². The Hall–Kier alpha value is -2.48. The van der Waals surface area contributed by atoms with Crippen molar-refractivity contribution in [3.05, 3.63) is 40.4 Å². The van der Waals surface area contributed by atoms with E-state index in [4.69, 9.17) is 9.47 Å². The number of methoxy groups -OCH3 is 1. The van der Waals surface area contributed by atoms with E-state index >= 15 is 0 Å². The standard InChI is InChI=1S/C16H15BrO7/c1-22-14(19)6-7-15(20)23-8-2-3-16(21)24-12-4-5-13(17)11(9-12)10-18/h4-7,9-10H,2-3,8H2,1H3/b7-6+. The molecule has 0 fully saturated rings. The summed E-state index contributed by atoms with van der Waals surface area (Å²) in [5.41, 5.74) is 0.367. The minimum atomic E-state index is -0.711. The molecule has 1 rings (SSSR count). The highest BCUT2D eigenvalue weighted by atomic mass is 79.9. The molecule has 0 saturated heterocycles. The monoisotopic (exact) mass is 398 g/mol. The zero-order chi connectivity index (χ0) is 17.9. The van der Waals surface area contributed by atoms with Crippen LogP contribution in [-0.2, 0) is 23.9 Å². The molecule has 8 heteroatoms. The number of ether oxygens (including phenoxy) is 3. The molecular formula is C16H15BrO7. The Kier molecular flexibility index (Phi) is 8.42. The van der Waals surface area contributed by atoms with Crippen molar-refractivity contribution in [2.75, 3.05) is 13.7 Å². The third-order valence-corrected chi connectivity index (χ3v) is 3.37. The van der Waals surface area contributed by atoms with Crippen LogP contribution in [-0.4, -0.2) is 37.9 Å². The number of carbonyl (C=O) groups excluding carboxylic acids is 4. The number of esters is 3. The van der Waals surface area contributed by atoms with E-state index in [1.165, 1.54) is 13.2 Å². The topological polar surface area (TPSA) is 96.0 Å². The molecule has 0 aliphatic heterocycles. The largest absolute Gasteiger partial charge is 0.466 e. The van der Waals surface area contributed by atoms with Gasteiger partial charge in [-0.1, -0.05) is 15.9 Å². The lowest BCUT2D eigenvalue weighted by Gasteiger charge is -2.06. The molecule has 24 heavy (non-hydrogen) atoms. The molecule has 0 aromatic heterocycles. The van der Waals surface area contributed by atoms with Gasteiger partial charge in [-0.25, -0.2) is 9.59 Å². The number of hydrogen-bond acceptors (Lipinski definition) is 7. The van der Waals surface area contributed by atoms with E-state index in [-0.39, 0.29) is 25.2 Å². The fourth-order valence-electron chi connectivity index (χ4n) is 1.50. The van der Waals surface area contributed by atoms with Crippen LogP contribution >= 0.6 is 15.9 Å². The van der Waals surface area contributed by atoms with Crippen molar-refractivity contribution < 1.29 is 33.4 Å². The van der Waals surface area contributed by atoms with E-state index in [0.29, 0.717) is 16.3 Å². The van der Waals surface area contributed by atoms with Crippen LogP contribution in [0.1, 0.15) is 23.2 Å². The Labute approximate surface area is 146 Å². The molecule has 0 N–H and O–H groups in total. The van der Waals surface area contributed by atoms with Crippen LogP contribution in [0, 0.1) is 0 Å². The highest BCUT2D eigenvalue weighted by Gasteiger charge is 2.08. The van der Waals surface area contributed by atoms with Gasteiger partial charge in [0.25, 0.3) is 0 Å². The van der Waals surface area contributed by atoms with E-state index in [2.05, 4.69) is 20.7 Å². The third kappa shape index (κ3) is 7.19. The van der Waals surface area contributed by atoms with Crippen LogP contribution in [0.3, 0.4) is 0 Å². The summed E-state index contributed by atoms with van der Waals surface area (Å²) in [5.74, 6) is -1.64. The van der Waals surface area contributed by atoms with E-state index < -0.39 is 17.9 Å². The quantitative estimate of drug-likeness (QED) is 0.217. The van der Waals surface area contributed by atoms with Crippen LogP contribution in [0.4, 0.5) is 0 Å². The first-order valence-corrected chi connectivity index (χ1v) is 7.63. The SMILES string of the molecule is COC(=O)/C=C/C(=O)OCCCC(=O)Oc1ccc(Br)c(C=O)c1. The molecule has 1 aromatic carbocycles. The van der Waals surface area contributed by atoms with Crippen LogP contribution in [0.15, 0.2) is 34.8 Å². The zero-order valence-corrected chi connectivity index (χ0v) is 14.4. The number of hydrogen-bond donors (Lipinski definition) is 0. The fraction of sp³-hybridized carbons (Fsp3) is 0.250. The van der Waals surface area contributed by atoms with Crippen molar-refractivity contribution in [1.82, 2.24) is 0 Å². The van der Waals surface area contributed by atoms with Gasteiger partial charge in [0.1, 0.15) is 5.75 Å². The summed E-state index contributed by atoms with van der Waals surface area (Å²) in [6.07, 6.45) is 2.80. The average molecular weight is 399 g/mol. The lowest BCUT2D eigenvalue weighted by Crippen LogP contribution is -2.10. The number of benzene rings is 1. The van der Waals surface area contributed by atoms with Crippen molar-refractivity contribution in [3.63, 3.8) is 0 Å². The maximum Gasteiger partial charge on any atom is 0.331 e. The van der Waals surface area contributed by atoms with Gasteiger partial charge < -0.3 is 14.2 Å². The highest BCUT2D eigenvalue weighted by Crippen LogP contribution is 2.21. The van der Waals surface area contributed by atoms with Gasteiger partial charge in [-0.05, 0) is 24.6 Å².